The van der Waals surface area contributed by atoms with E-state index in [0.29, 0.717) is 19.3 Å². The second-order valence-electron chi connectivity index (χ2n) is 18.5. The molecule has 0 radical (unpaired) electrons. The Morgan fingerprint density at radius 1 is 0.479 bits per heavy atom. The number of carboxylic acid groups (broad SMARTS) is 1. The van der Waals surface area contributed by atoms with Crippen LogP contribution < -0.4 is 0 Å². The van der Waals surface area contributed by atoms with Gasteiger partial charge in [0.2, 0.25) is 0 Å². The normalized spacial score (nSPS) is 19.1. The van der Waals surface area contributed by atoms with Crippen LogP contribution in [-0.4, -0.2) is 89.2 Å². The highest BCUT2D eigenvalue weighted by Gasteiger charge is 2.50. The molecule has 0 aromatic rings. The minimum atomic E-state index is -1.92. The molecule has 0 saturated carbocycles. The lowest BCUT2D eigenvalue weighted by atomic mass is 9.98. The predicted molar refractivity (Wildman–Crippen MR) is 284 cm³/mol. The quantitative estimate of drug-likeness (QED) is 0.0228. The monoisotopic (exact) mass is 997 g/mol. The number of carbonyl (C=O) groups excluding carboxylic acids is 3. The number of rotatable bonds is 45. The van der Waals surface area contributed by atoms with Crippen LogP contribution in [0.2, 0.25) is 0 Å². The summed E-state index contributed by atoms with van der Waals surface area (Å²) in [7, 11) is 0. The van der Waals surface area contributed by atoms with Crippen LogP contribution in [0.15, 0.2) is 85.1 Å². The number of carboxylic acids is 1. The van der Waals surface area contributed by atoms with Gasteiger partial charge >= 0.3 is 23.9 Å². The van der Waals surface area contributed by atoms with Gasteiger partial charge in [-0.2, -0.15) is 0 Å². The molecule has 1 rings (SSSR count). The van der Waals surface area contributed by atoms with Crippen molar-refractivity contribution in [2.45, 2.75) is 250 Å². The Kier molecular flexibility index (Phi) is 42.9. The van der Waals surface area contributed by atoms with E-state index in [4.69, 9.17) is 23.7 Å². The SMILES string of the molecule is CC/C=C\C/C=C\C/C=C\C/C=C\CCCCC(=O)OCC(COC1OC(C(=O)O)C(O)C(O)C1OC(=O)CCCCCCC/C=C\C/C=C\C/C=C\CC)OC(=O)CCCCCCCCCCCCC. The lowest BCUT2D eigenvalue weighted by Gasteiger charge is -2.40. The van der Waals surface area contributed by atoms with E-state index in [1.54, 1.807) is 0 Å². The van der Waals surface area contributed by atoms with E-state index in [9.17, 15) is 34.5 Å². The summed E-state index contributed by atoms with van der Waals surface area (Å²) in [4.78, 5) is 50.9. The van der Waals surface area contributed by atoms with Gasteiger partial charge in [-0.05, 0) is 89.9 Å². The predicted octanol–water partition coefficient (Wildman–Crippen LogP) is 13.6. The van der Waals surface area contributed by atoms with Crippen LogP contribution in [0.5, 0.6) is 0 Å². The molecule has 1 fully saturated rings. The van der Waals surface area contributed by atoms with Gasteiger partial charge in [-0.3, -0.25) is 14.4 Å². The number of aliphatic hydroxyl groups excluding tert-OH is 2. The zero-order valence-electron chi connectivity index (χ0n) is 44.2. The van der Waals surface area contributed by atoms with Crippen LogP contribution in [-0.2, 0) is 42.9 Å². The second kappa shape index (κ2) is 46.9. The first kappa shape index (κ1) is 64.9. The third kappa shape index (κ3) is 37.3. The van der Waals surface area contributed by atoms with Crippen LogP contribution in [0.4, 0.5) is 0 Å². The maximum Gasteiger partial charge on any atom is 0.335 e. The molecule has 1 aliphatic heterocycles. The molecule has 0 aliphatic carbocycles. The molecular formula is C59H96O12. The number of hydrogen-bond donors (Lipinski definition) is 3. The van der Waals surface area contributed by atoms with Crippen molar-refractivity contribution in [3.8, 4) is 0 Å². The van der Waals surface area contributed by atoms with Crippen LogP contribution >= 0.6 is 0 Å². The summed E-state index contributed by atoms with van der Waals surface area (Å²) in [5.74, 6) is -3.20. The lowest BCUT2D eigenvalue weighted by molar-refractivity contribution is -0.301. The molecule has 71 heavy (non-hydrogen) atoms. The number of carbonyl (C=O) groups is 4. The van der Waals surface area contributed by atoms with Crippen molar-refractivity contribution in [1.29, 1.82) is 0 Å². The van der Waals surface area contributed by atoms with E-state index in [1.807, 2.05) is 0 Å². The summed E-state index contributed by atoms with van der Waals surface area (Å²) < 4.78 is 28.3. The van der Waals surface area contributed by atoms with Crippen LogP contribution in [0.3, 0.4) is 0 Å². The summed E-state index contributed by atoms with van der Waals surface area (Å²) >= 11 is 0. The Balaban J connectivity index is 2.74. The van der Waals surface area contributed by atoms with Gasteiger partial charge in [-0.15, -0.1) is 0 Å². The van der Waals surface area contributed by atoms with Crippen LogP contribution in [0.1, 0.15) is 213 Å². The standard InChI is InChI=1S/C59H96O12/c1-4-7-10-13-16-19-22-24-26-28-31-33-36-39-42-45-51(60)67-48-50(69-52(61)46-43-40-37-34-30-21-18-15-12-9-6-3)49-68-59-57(55(64)54(63)56(71-59)58(65)66)70-53(62)47-44-41-38-35-32-29-27-25-23-20-17-14-11-8-5-2/h7-8,10-11,16-17,19-20,24-27,31,33,50,54-57,59,63-64H,4-6,9,12-15,18,21-23,28-30,32,34-49H2,1-3H3,(H,65,66)/b10-7-,11-8-,19-16-,20-17-,26-24-,27-25-,33-31-. The summed E-state index contributed by atoms with van der Waals surface area (Å²) in [5.41, 5.74) is 0. The number of allylic oxidation sites excluding steroid dienone is 14. The van der Waals surface area contributed by atoms with Gasteiger partial charge in [0, 0.05) is 19.3 Å². The molecular weight excluding hydrogens is 901 g/mol. The van der Waals surface area contributed by atoms with Gasteiger partial charge in [-0.25, -0.2) is 4.79 Å². The molecule has 12 nitrogen and oxygen atoms in total. The average Bonchev–Trinajstić information content (AvgIpc) is 3.35. The van der Waals surface area contributed by atoms with E-state index < -0.39 is 67.3 Å². The number of unbranched alkanes of at least 4 members (excludes halogenated alkanes) is 17. The number of aliphatic carboxylic acids is 1. The Bertz CT molecular complexity index is 1560. The summed E-state index contributed by atoms with van der Waals surface area (Å²) in [6.45, 7) is 5.69. The van der Waals surface area contributed by atoms with E-state index in [2.05, 4.69) is 106 Å². The summed E-state index contributed by atoms with van der Waals surface area (Å²) in [6.07, 6.45) is 47.1. The van der Waals surface area contributed by atoms with E-state index in [1.165, 1.54) is 44.9 Å². The fourth-order valence-corrected chi connectivity index (χ4v) is 7.78. The fourth-order valence-electron chi connectivity index (χ4n) is 7.78. The van der Waals surface area contributed by atoms with Crippen molar-refractivity contribution in [1.82, 2.24) is 0 Å². The first-order valence-electron chi connectivity index (χ1n) is 27.6. The van der Waals surface area contributed by atoms with Gasteiger partial charge in [0.1, 0.15) is 18.8 Å². The van der Waals surface area contributed by atoms with Crippen molar-refractivity contribution in [3.05, 3.63) is 85.1 Å². The molecule has 0 amide bonds. The highest BCUT2D eigenvalue weighted by molar-refractivity contribution is 5.74. The molecule has 0 spiro atoms. The minimum Gasteiger partial charge on any atom is -0.479 e. The zero-order valence-corrected chi connectivity index (χ0v) is 44.2. The molecule has 12 heteroatoms. The molecule has 1 saturated heterocycles. The number of hydrogen-bond acceptors (Lipinski definition) is 11. The maximum atomic E-state index is 13.1. The van der Waals surface area contributed by atoms with Gasteiger partial charge < -0.3 is 39.0 Å². The van der Waals surface area contributed by atoms with Gasteiger partial charge in [-0.1, -0.05) is 189 Å². The molecule has 0 aromatic carbocycles. The summed E-state index contributed by atoms with van der Waals surface area (Å²) in [5, 5.41) is 31.4. The largest absolute Gasteiger partial charge is 0.479 e. The van der Waals surface area contributed by atoms with Crippen molar-refractivity contribution < 1.29 is 58.2 Å². The molecule has 0 aromatic heterocycles. The van der Waals surface area contributed by atoms with Crippen molar-refractivity contribution >= 4 is 23.9 Å². The highest BCUT2D eigenvalue weighted by Crippen LogP contribution is 2.26. The van der Waals surface area contributed by atoms with E-state index in [-0.39, 0.29) is 25.9 Å². The third-order valence-corrected chi connectivity index (χ3v) is 12.0. The smallest absolute Gasteiger partial charge is 0.335 e. The van der Waals surface area contributed by atoms with E-state index in [0.717, 1.165) is 109 Å². The van der Waals surface area contributed by atoms with Crippen molar-refractivity contribution in [2.75, 3.05) is 13.2 Å². The first-order chi connectivity index (χ1) is 34.6. The number of aliphatic hydroxyl groups is 2. The molecule has 3 N–H and O–H groups in total. The zero-order chi connectivity index (χ0) is 51.8. The third-order valence-electron chi connectivity index (χ3n) is 12.0. The van der Waals surface area contributed by atoms with E-state index >= 15 is 0 Å². The minimum absolute atomic E-state index is 0.0345. The van der Waals surface area contributed by atoms with Crippen molar-refractivity contribution in [3.63, 3.8) is 0 Å². The summed E-state index contributed by atoms with van der Waals surface area (Å²) in [6, 6.07) is 0. The van der Waals surface area contributed by atoms with Crippen molar-refractivity contribution in [2.24, 2.45) is 0 Å². The number of ether oxygens (including phenoxy) is 5. The van der Waals surface area contributed by atoms with Crippen LogP contribution in [0.25, 0.3) is 0 Å². The fraction of sp³-hybridized carbons (Fsp3) is 0.695. The molecule has 6 unspecified atom stereocenters. The second-order valence-corrected chi connectivity index (χ2v) is 18.5. The average molecular weight is 997 g/mol. The molecule has 1 aliphatic rings. The molecule has 1 heterocycles. The topological polar surface area (TPSA) is 175 Å². The lowest BCUT2D eigenvalue weighted by Crippen LogP contribution is -2.61. The Labute approximate surface area is 429 Å². The number of esters is 3. The Morgan fingerprint density at radius 2 is 0.887 bits per heavy atom. The Morgan fingerprint density at radius 3 is 1.38 bits per heavy atom. The van der Waals surface area contributed by atoms with Gasteiger partial charge in [0.25, 0.3) is 0 Å². The molecule has 0 bridgehead atoms. The highest BCUT2D eigenvalue weighted by atomic mass is 16.7. The molecule has 6 atom stereocenters. The van der Waals surface area contributed by atoms with Gasteiger partial charge in [0.15, 0.2) is 24.6 Å². The maximum absolute atomic E-state index is 13.1. The first-order valence-corrected chi connectivity index (χ1v) is 27.6. The van der Waals surface area contributed by atoms with Crippen LogP contribution in [0, 0.1) is 0 Å². The molecule has 404 valence electrons. The Hall–Kier alpha value is -4.10. The van der Waals surface area contributed by atoms with Gasteiger partial charge in [0.05, 0.1) is 6.61 Å².